The molecule has 3 nitrogen and oxygen atoms in total. The fraction of sp³-hybridized carbons (Fsp3) is 0.667. The minimum Gasteiger partial charge on any atom is -0.490 e. The van der Waals surface area contributed by atoms with Crippen LogP contribution in [0.1, 0.15) is 57.1 Å². The number of hydrogen-bond acceptors (Lipinski definition) is 3. The first-order chi connectivity index (χ1) is 10.3. The highest BCUT2D eigenvalue weighted by atomic mass is 16.5. The van der Waals surface area contributed by atoms with Crippen molar-refractivity contribution in [1.82, 2.24) is 0 Å². The average Bonchev–Trinajstić information content (AvgIpc) is 2.79. The van der Waals surface area contributed by atoms with Gasteiger partial charge in [-0.1, -0.05) is 32.3 Å². The number of rotatable bonds is 3. The van der Waals surface area contributed by atoms with Gasteiger partial charge in [0.25, 0.3) is 0 Å². The minimum atomic E-state index is -0.375. The smallest absolute Gasteiger partial charge is 0.161 e. The quantitative estimate of drug-likeness (QED) is 0.911. The van der Waals surface area contributed by atoms with Crippen LogP contribution < -0.4 is 9.47 Å². The molecule has 0 saturated heterocycles. The average molecular weight is 290 g/mol. The maximum Gasteiger partial charge on any atom is 0.161 e. The highest BCUT2D eigenvalue weighted by Gasteiger charge is 2.27. The van der Waals surface area contributed by atoms with Gasteiger partial charge in [0, 0.05) is 6.42 Å². The predicted octanol–water partition coefficient (Wildman–Crippen LogP) is 4.10. The van der Waals surface area contributed by atoms with E-state index in [4.69, 9.17) is 9.47 Å². The lowest BCUT2D eigenvalue weighted by molar-refractivity contribution is 0.0727. The molecule has 0 spiro atoms. The summed E-state index contributed by atoms with van der Waals surface area (Å²) in [6.07, 6.45) is 6.58. The molecular formula is C18H26O3. The highest BCUT2D eigenvalue weighted by molar-refractivity contribution is 5.44. The molecule has 1 atom stereocenters. The van der Waals surface area contributed by atoms with Gasteiger partial charge in [0.05, 0.1) is 19.3 Å². The normalized spacial score (nSPS) is 27.0. The molecular weight excluding hydrogens is 264 g/mol. The summed E-state index contributed by atoms with van der Waals surface area (Å²) < 4.78 is 11.4. The zero-order chi connectivity index (χ0) is 14.7. The van der Waals surface area contributed by atoms with E-state index in [-0.39, 0.29) is 6.10 Å². The topological polar surface area (TPSA) is 38.7 Å². The molecule has 1 fully saturated rings. The molecule has 21 heavy (non-hydrogen) atoms. The Morgan fingerprint density at radius 1 is 1.10 bits per heavy atom. The Kier molecular flexibility index (Phi) is 4.69. The molecule has 0 amide bonds. The van der Waals surface area contributed by atoms with Crippen LogP contribution in [0, 0.1) is 11.8 Å². The van der Waals surface area contributed by atoms with E-state index in [2.05, 4.69) is 6.92 Å². The van der Waals surface area contributed by atoms with Crippen molar-refractivity contribution in [2.45, 2.75) is 51.6 Å². The summed E-state index contributed by atoms with van der Waals surface area (Å²) >= 11 is 0. The van der Waals surface area contributed by atoms with E-state index in [1.165, 1.54) is 19.3 Å². The van der Waals surface area contributed by atoms with Crippen LogP contribution in [-0.4, -0.2) is 18.3 Å². The SMILES string of the molecule is CCC1CCC(C(O)c2ccc3c(c2)OCCCO3)CC1. The van der Waals surface area contributed by atoms with Crippen LogP contribution in [0.15, 0.2) is 18.2 Å². The third-order valence-corrected chi connectivity index (χ3v) is 5.03. The van der Waals surface area contributed by atoms with Crippen molar-refractivity contribution >= 4 is 0 Å². The lowest BCUT2D eigenvalue weighted by Crippen LogP contribution is -2.20. The minimum absolute atomic E-state index is 0.375. The summed E-state index contributed by atoms with van der Waals surface area (Å²) in [7, 11) is 0. The van der Waals surface area contributed by atoms with Crippen molar-refractivity contribution in [1.29, 1.82) is 0 Å². The molecule has 3 rings (SSSR count). The van der Waals surface area contributed by atoms with Crippen molar-refractivity contribution < 1.29 is 14.6 Å². The van der Waals surface area contributed by atoms with Crippen molar-refractivity contribution in [2.75, 3.05) is 13.2 Å². The fourth-order valence-electron chi connectivity index (χ4n) is 3.55. The van der Waals surface area contributed by atoms with Gasteiger partial charge in [0.1, 0.15) is 0 Å². The molecule has 1 aliphatic heterocycles. The Labute approximate surface area is 127 Å². The Bertz CT molecular complexity index is 464. The summed E-state index contributed by atoms with van der Waals surface area (Å²) in [5, 5.41) is 10.7. The number of ether oxygens (including phenoxy) is 2. The molecule has 0 bridgehead atoms. The molecule has 2 aliphatic rings. The molecule has 3 heteroatoms. The maximum absolute atomic E-state index is 10.7. The van der Waals surface area contributed by atoms with Crippen molar-refractivity contribution in [3.63, 3.8) is 0 Å². The van der Waals surface area contributed by atoms with Crippen molar-refractivity contribution in [3.8, 4) is 11.5 Å². The van der Waals surface area contributed by atoms with Crippen LogP contribution in [0.3, 0.4) is 0 Å². The van der Waals surface area contributed by atoms with Crippen LogP contribution in [-0.2, 0) is 0 Å². The van der Waals surface area contributed by atoms with Crippen LogP contribution in [0.5, 0.6) is 11.5 Å². The lowest BCUT2D eigenvalue weighted by atomic mass is 9.77. The van der Waals surface area contributed by atoms with Crippen LogP contribution >= 0.6 is 0 Å². The van der Waals surface area contributed by atoms with Crippen molar-refractivity contribution in [2.24, 2.45) is 11.8 Å². The van der Waals surface area contributed by atoms with Gasteiger partial charge < -0.3 is 14.6 Å². The third-order valence-electron chi connectivity index (χ3n) is 5.03. The summed E-state index contributed by atoms with van der Waals surface area (Å²) in [5.74, 6) is 2.83. The first kappa shape index (κ1) is 14.7. The number of fused-ring (bicyclic) bond motifs is 1. The summed E-state index contributed by atoms with van der Waals surface area (Å²) in [5.41, 5.74) is 0.971. The second kappa shape index (κ2) is 6.69. The van der Waals surface area contributed by atoms with Crippen LogP contribution in [0.4, 0.5) is 0 Å². The van der Waals surface area contributed by atoms with Crippen LogP contribution in [0.25, 0.3) is 0 Å². The van der Waals surface area contributed by atoms with Gasteiger partial charge in [-0.2, -0.15) is 0 Å². The largest absolute Gasteiger partial charge is 0.490 e. The molecule has 1 aromatic rings. The first-order valence-electron chi connectivity index (χ1n) is 8.35. The second-order valence-electron chi connectivity index (χ2n) is 6.39. The first-order valence-corrected chi connectivity index (χ1v) is 8.35. The van der Waals surface area contributed by atoms with E-state index in [0.29, 0.717) is 19.1 Å². The summed E-state index contributed by atoms with van der Waals surface area (Å²) in [6.45, 7) is 3.66. The Morgan fingerprint density at radius 2 is 1.81 bits per heavy atom. The zero-order valence-corrected chi connectivity index (χ0v) is 12.9. The number of hydrogen-bond donors (Lipinski definition) is 1. The highest BCUT2D eigenvalue weighted by Crippen LogP contribution is 2.40. The molecule has 1 aliphatic carbocycles. The van der Waals surface area contributed by atoms with E-state index in [9.17, 15) is 5.11 Å². The van der Waals surface area contributed by atoms with E-state index < -0.39 is 0 Å². The third kappa shape index (κ3) is 3.34. The molecule has 116 valence electrons. The van der Waals surface area contributed by atoms with Gasteiger partial charge in [0.15, 0.2) is 11.5 Å². The van der Waals surface area contributed by atoms with E-state index in [0.717, 1.165) is 42.2 Å². The molecule has 0 radical (unpaired) electrons. The second-order valence-corrected chi connectivity index (χ2v) is 6.39. The van der Waals surface area contributed by atoms with E-state index in [1.807, 2.05) is 18.2 Å². The molecule has 1 aromatic carbocycles. The Hall–Kier alpha value is -1.22. The maximum atomic E-state index is 10.7. The molecule has 1 unspecified atom stereocenters. The molecule has 1 heterocycles. The molecule has 1 saturated carbocycles. The van der Waals surface area contributed by atoms with Gasteiger partial charge in [-0.25, -0.2) is 0 Å². The Balaban J connectivity index is 1.70. The van der Waals surface area contributed by atoms with E-state index in [1.54, 1.807) is 0 Å². The number of aliphatic hydroxyl groups is 1. The van der Waals surface area contributed by atoms with Crippen molar-refractivity contribution in [3.05, 3.63) is 23.8 Å². The van der Waals surface area contributed by atoms with Gasteiger partial charge in [-0.05, 0) is 42.4 Å². The van der Waals surface area contributed by atoms with Gasteiger partial charge in [-0.3, -0.25) is 0 Å². The summed E-state index contributed by atoms with van der Waals surface area (Å²) in [4.78, 5) is 0. The Morgan fingerprint density at radius 3 is 2.52 bits per heavy atom. The van der Waals surface area contributed by atoms with Gasteiger partial charge in [0.2, 0.25) is 0 Å². The van der Waals surface area contributed by atoms with Crippen LogP contribution in [0.2, 0.25) is 0 Å². The monoisotopic (exact) mass is 290 g/mol. The molecule has 1 N–H and O–H groups in total. The lowest BCUT2D eigenvalue weighted by Gasteiger charge is -2.31. The predicted molar refractivity (Wildman–Crippen MR) is 82.7 cm³/mol. The molecule has 0 aromatic heterocycles. The fourth-order valence-corrected chi connectivity index (χ4v) is 3.55. The van der Waals surface area contributed by atoms with Gasteiger partial charge in [-0.15, -0.1) is 0 Å². The van der Waals surface area contributed by atoms with E-state index >= 15 is 0 Å². The number of benzene rings is 1. The standard InChI is InChI=1S/C18H26O3/c1-2-13-4-6-14(7-5-13)18(19)15-8-9-16-17(12-15)21-11-3-10-20-16/h8-9,12-14,18-19H,2-7,10-11H2,1H3. The van der Waals surface area contributed by atoms with Gasteiger partial charge >= 0.3 is 0 Å². The number of aliphatic hydroxyl groups excluding tert-OH is 1. The summed E-state index contributed by atoms with van der Waals surface area (Å²) in [6, 6.07) is 5.90. The zero-order valence-electron chi connectivity index (χ0n) is 12.9.